The largest absolute Gasteiger partial charge is 0.485 e. The molecule has 0 bridgehead atoms. The van der Waals surface area contributed by atoms with E-state index in [-0.39, 0.29) is 17.6 Å². The predicted octanol–water partition coefficient (Wildman–Crippen LogP) is 5.57. The van der Waals surface area contributed by atoms with Gasteiger partial charge >= 0.3 is 5.97 Å². The Hall–Kier alpha value is -3.78. The van der Waals surface area contributed by atoms with Crippen molar-refractivity contribution in [2.45, 2.75) is 71.6 Å². The standard InChI is InChI=1S/C32H37N5O3/c1-19-22(12-14-26-29(19)34-35-36(26)6)28(32(4,5)30(38)39)21-10-9-20-11-13-25(23(20)16-21)37-17-24-27(8-7-15-33-24)40-31(2,3)18-37/h7-10,12,14-16,25,28H,11,13,17-18H2,1-6H3,(H,38,39)/t25?,28-/m1/s1. The second-order valence-corrected chi connectivity index (χ2v) is 12.5. The van der Waals surface area contributed by atoms with Gasteiger partial charge in [-0.1, -0.05) is 29.5 Å². The minimum atomic E-state index is -1.05. The SMILES string of the molecule is Cc1c([C@@H](c2ccc3c(c2)C(N2Cc4ncccc4OC(C)(C)C2)CC3)C(C)(C)C(=O)O)ccc2c1nnn2C. The van der Waals surface area contributed by atoms with Crippen LogP contribution in [0, 0.1) is 12.3 Å². The molecule has 6 rings (SSSR count). The average molecular weight is 540 g/mol. The molecule has 2 aliphatic rings. The number of hydrogen-bond acceptors (Lipinski definition) is 6. The van der Waals surface area contributed by atoms with Crippen LogP contribution in [0.5, 0.6) is 5.75 Å². The zero-order valence-corrected chi connectivity index (χ0v) is 24.1. The van der Waals surface area contributed by atoms with E-state index in [4.69, 9.17) is 4.74 Å². The van der Waals surface area contributed by atoms with Gasteiger partial charge in [-0.2, -0.15) is 0 Å². The molecule has 0 saturated heterocycles. The van der Waals surface area contributed by atoms with Crippen molar-refractivity contribution in [2.75, 3.05) is 6.54 Å². The number of carboxylic acids is 1. The zero-order chi connectivity index (χ0) is 28.4. The zero-order valence-electron chi connectivity index (χ0n) is 24.1. The lowest BCUT2D eigenvalue weighted by molar-refractivity contribution is -0.147. The number of aliphatic carboxylic acids is 1. The number of ether oxygens (including phenoxy) is 1. The smallest absolute Gasteiger partial charge is 0.310 e. The van der Waals surface area contributed by atoms with Gasteiger partial charge in [-0.3, -0.25) is 14.7 Å². The lowest BCUT2D eigenvalue weighted by Crippen LogP contribution is -2.41. The number of carbonyl (C=O) groups is 1. The van der Waals surface area contributed by atoms with Crippen LogP contribution in [-0.2, 0) is 24.8 Å². The summed E-state index contributed by atoms with van der Waals surface area (Å²) in [6.45, 7) is 11.4. The molecule has 2 aromatic heterocycles. The highest BCUT2D eigenvalue weighted by Gasteiger charge is 2.42. The maximum Gasteiger partial charge on any atom is 0.310 e. The third-order valence-electron chi connectivity index (χ3n) is 8.82. The summed E-state index contributed by atoms with van der Waals surface area (Å²) in [6.07, 6.45) is 3.83. The Kier molecular flexibility index (Phi) is 6.22. The number of aryl methyl sites for hydroxylation is 3. The Morgan fingerprint density at radius 3 is 2.77 bits per heavy atom. The van der Waals surface area contributed by atoms with Gasteiger partial charge in [0.1, 0.15) is 16.9 Å². The van der Waals surface area contributed by atoms with Crippen molar-refractivity contribution in [1.82, 2.24) is 24.9 Å². The summed E-state index contributed by atoms with van der Waals surface area (Å²) in [7, 11) is 1.87. The summed E-state index contributed by atoms with van der Waals surface area (Å²) in [6, 6.07) is 14.8. The summed E-state index contributed by atoms with van der Waals surface area (Å²) in [5, 5.41) is 19.0. The molecule has 0 saturated carbocycles. The van der Waals surface area contributed by atoms with E-state index < -0.39 is 11.4 Å². The van der Waals surface area contributed by atoms with Gasteiger partial charge in [-0.25, -0.2) is 4.68 Å². The molecule has 0 radical (unpaired) electrons. The van der Waals surface area contributed by atoms with Gasteiger partial charge < -0.3 is 9.84 Å². The van der Waals surface area contributed by atoms with E-state index >= 15 is 0 Å². The van der Waals surface area contributed by atoms with E-state index in [0.717, 1.165) is 58.6 Å². The Balaban J connectivity index is 1.45. The van der Waals surface area contributed by atoms with Crippen molar-refractivity contribution in [3.05, 3.63) is 82.2 Å². The van der Waals surface area contributed by atoms with E-state index in [1.54, 1.807) is 4.68 Å². The Bertz CT molecular complexity index is 1620. The van der Waals surface area contributed by atoms with Crippen molar-refractivity contribution in [3.63, 3.8) is 0 Å². The van der Waals surface area contributed by atoms with E-state index in [1.165, 1.54) is 11.1 Å². The summed E-state index contributed by atoms with van der Waals surface area (Å²) < 4.78 is 8.13. The highest BCUT2D eigenvalue weighted by molar-refractivity contribution is 5.81. The van der Waals surface area contributed by atoms with Crippen LogP contribution in [0.1, 0.15) is 79.6 Å². The molecule has 40 heavy (non-hydrogen) atoms. The second-order valence-electron chi connectivity index (χ2n) is 12.5. The quantitative estimate of drug-likeness (QED) is 0.354. The molecule has 1 aliphatic heterocycles. The fourth-order valence-electron chi connectivity index (χ4n) is 6.75. The van der Waals surface area contributed by atoms with Gasteiger partial charge in [0.15, 0.2) is 0 Å². The van der Waals surface area contributed by atoms with Gasteiger partial charge in [0.2, 0.25) is 0 Å². The number of aromatic nitrogens is 4. The first-order valence-corrected chi connectivity index (χ1v) is 14.0. The van der Waals surface area contributed by atoms with Crippen LogP contribution in [0.25, 0.3) is 11.0 Å². The minimum absolute atomic E-state index is 0.197. The number of fused-ring (bicyclic) bond motifs is 3. The van der Waals surface area contributed by atoms with Gasteiger partial charge in [0, 0.05) is 38.3 Å². The third kappa shape index (κ3) is 4.35. The van der Waals surface area contributed by atoms with Crippen molar-refractivity contribution < 1.29 is 14.6 Å². The first kappa shape index (κ1) is 26.4. The lowest BCUT2D eigenvalue weighted by Gasteiger charge is -2.35. The van der Waals surface area contributed by atoms with E-state index in [9.17, 15) is 9.90 Å². The van der Waals surface area contributed by atoms with E-state index in [2.05, 4.69) is 58.3 Å². The number of benzene rings is 2. The van der Waals surface area contributed by atoms with Crippen LogP contribution in [0.15, 0.2) is 48.7 Å². The van der Waals surface area contributed by atoms with Crippen molar-refractivity contribution in [2.24, 2.45) is 12.5 Å². The number of nitrogens with zero attached hydrogens (tertiary/aromatic N) is 5. The molecule has 2 atom stereocenters. The molecular weight excluding hydrogens is 502 g/mol. The summed E-state index contributed by atoms with van der Waals surface area (Å²) in [5.74, 6) is -0.350. The van der Waals surface area contributed by atoms with Gasteiger partial charge in [0.05, 0.1) is 16.6 Å². The fraction of sp³-hybridized carbons (Fsp3) is 0.438. The van der Waals surface area contributed by atoms with Crippen LogP contribution in [0.3, 0.4) is 0 Å². The fourth-order valence-corrected chi connectivity index (χ4v) is 6.75. The number of rotatable bonds is 5. The number of pyridine rings is 1. The molecule has 0 amide bonds. The summed E-state index contributed by atoms with van der Waals surface area (Å²) >= 11 is 0. The Morgan fingerprint density at radius 1 is 1.20 bits per heavy atom. The Morgan fingerprint density at radius 2 is 2.00 bits per heavy atom. The number of hydrogen-bond donors (Lipinski definition) is 1. The molecule has 208 valence electrons. The molecular formula is C32H37N5O3. The summed E-state index contributed by atoms with van der Waals surface area (Å²) in [5.41, 5.74) is 6.82. The van der Waals surface area contributed by atoms with E-state index in [0.29, 0.717) is 6.54 Å². The molecule has 1 aliphatic carbocycles. The molecule has 1 unspecified atom stereocenters. The van der Waals surface area contributed by atoms with Crippen molar-refractivity contribution in [1.29, 1.82) is 0 Å². The molecule has 0 fully saturated rings. The average Bonchev–Trinajstić information content (AvgIpc) is 3.45. The molecule has 8 nitrogen and oxygen atoms in total. The van der Waals surface area contributed by atoms with Crippen LogP contribution >= 0.6 is 0 Å². The molecule has 8 heteroatoms. The monoisotopic (exact) mass is 539 g/mol. The summed E-state index contributed by atoms with van der Waals surface area (Å²) in [4.78, 5) is 19.8. The van der Waals surface area contributed by atoms with Crippen LogP contribution in [0.2, 0.25) is 0 Å². The molecule has 1 N–H and O–H groups in total. The van der Waals surface area contributed by atoms with Gasteiger partial charge in [-0.05, 0) is 93.5 Å². The maximum atomic E-state index is 12.7. The molecule has 4 aromatic rings. The third-order valence-corrected chi connectivity index (χ3v) is 8.82. The first-order valence-electron chi connectivity index (χ1n) is 14.0. The molecule has 2 aromatic carbocycles. The van der Waals surface area contributed by atoms with Crippen molar-refractivity contribution in [3.8, 4) is 5.75 Å². The van der Waals surface area contributed by atoms with Gasteiger partial charge in [0.25, 0.3) is 0 Å². The number of carboxylic acid groups (broad SMARTS) is 1. The highest BCUT2D eigenvalue weighted by Crippen LogP contribution is 2.47. The molecule has 0 spiro atoms. The first-order chi connectivity index (χ1) is 19.0. The van der Waals surface area contributed by atoms with Crippen LogP contribution < -0.4 is 4.74 Å². The topological polar surface area (TPSA) is 93.4 Å². The second kappa shape index (κ2) is 9.41. The van der Waals surface area contributed by atoms with Crippen LogP contribution in [0.4, 0.5) is 0 Å². The lowest BCUT2D eigenvalue weighted by atomic mass is 9.69. The normalized spacial score (nSPS) is 19.5. The van der Waals surface area contributed by atoms with E-state index in [1.807, 2.05) is 52.2 Å². The van der Waals surface area contributed by atoms with Crippen LogP contribution in [-0.4, -0.2) is 48.1 Å². The maximum absolute atomic E-state index is 12.7. The van der Waals surface area contributed by atoms with Crippen molar-refractivity contribution >= 4 is 17.0 Å². The predicted molar refractivity (Wildman–Crippen MR) is 153 cm³/mol. The Labute approximate surface area is 235 Å². The highest BCUT2D eigenvalue weighted by atomic mass is 16.5. The minimum Gasteiger partial charge on any atom is -0.485 e. The molecule has 3 heterocycles. The van der Waals surface area contributed by atoms with Gasteiger partial charge in [-0.15, -0.1) is 5.10 Å².